The Hall–Kier alpha value is -3.81. The van der Waals surface area contributed by atoms with Gasteiger partial charge < -0.3 is 20.8 Å². The number of nitro groups is 1. The van der Waals surface area contributed by atoms with Crippen molar-refractivity contribution in [1.29, 1.82) is 0 Å². The van der Waals surface area contributed by atoms with Crippen LogP contribution in [0.25, 0.3) is 0 Å². The summed E-state index contributed by atoms with van der Waals surface area (Å²) in [5.41, 5.74) is 1.48. The van der Waals surface area contributed by atoms with Gasteiger partial charge in [-0.2, -0.15) is 0 Å². The van der Waals surface area contributed by atoms with Gasteiger partial charge in [-0.1, -0.05) is 24.3 Å². The summed E-state index contributed by atoms with van der Waals surface area (Å²) in [6, 6.07) is 16.0. The summed E-state index contributed by atoms with van der Waals surface area (Å²) in [7, 11) is 0. The number of aromatic hydroxyl groups is 2. The lowest BCUT2D eigenvalue weighted by molar-refractivity contribution is -0.384. The SMILES string of the molecule is C[C@@H](Nc1ccc([N+](=O)[O-])c(N[C@H](C)c2cccc(O)c2)n1)c1cccc(O)c1. The van der Waals surface area contributed by atoms with Gasteiger partial charge in [-0.3, -0.25) is 10.1 Å². The monoisotopic (exact) mass is 394 g/mol. The van der Waals surface area contributed by atoms with Crippen LogP contribution in [0.1, 0.15) is 37.1 Å². The number of anilines is 2. The summed E-state index contributed by atoms with van der Waals surface area (Å²) >= 11 is 0. The molecule has 0 aliphatic carbocycles. The molecule has 8 heteroatoms. The zero-order valence-electron chi connectivity index (χ0n) is 16.0. The van der Waals surface area contributed by atoms with Gasteiger partial charge in [0.15, 0.2) is 0 Å². The van der Waals surface area contributed by atoms with Crippen LogP contribution in [-0.2, 0) is 0 Å². The van der Waals surface area contributed by atoms with Gasteiger partial charge in [0, 0.05) is 6.07 Å². The number of rotatable bonds is 7. The molecule has 0 fully saturated rings. The smallest absolute Gasteiger partial charge is 0.311 e. The molecule has 0 bridgehead atoms. The van der Waals surface area contributed by atoms with Gasteiger partial charge in [-0.15, -0.1) is 0 Å². The molecule has 1 heterocycles. The summed E-state index contributed by atoms with van der Waals surface area (Å²) in [6.07, 6.45) is 0. The lowest BCUT2D eigenvalue weighted by Gasteiger charge is -2.18. The molecule has 2 atom stereocenters. The van der Waals surface area contributed by atoms with Gasteiger partial charge in [-0.25, -0.2) is 4.98 Å². The molecule has 0 amide bonds. The Balaban J connectivity index is 1.85. The maximum atomic E-state index is 11.4. The third-order valence-electron chi connectivity index (χ3n) is 4.53. The Bertz CT molecular complexity index is 1030. The van der Waals surface area contributed by atoms with Gasteiger partial charge in [0.2, 0.25) is 5.82 Å². The van der Waals surface area contributed by atoms with Crippen LogP contribution in [0.3, 0.4) is 0 Å². The standard InChI is InChI=1S/C21H22N4O4/c1-13(15-5-3-7-17(26)11-15)22-20-10-9-19(25(28)29)21(24-20)23-14(2)16-6-4-8-18(27)12-16/h3-14,26-27H,1-2H3,(H2,22,23,24)/t13-,14-/m1/s1. The molecule has 8 nitrogen and oxygen atoms in total. The average Bonchev–Trinajstić information content (AvgIpc) is 2.68. The summed E-state index contributed by atoms with van der Waals surface area (Å²) in [5, 5.41) is 37.0. The first-order valence-electron chi connectivity index (χ1n) is 9.10. The van der Waals surface area contributed by atoms with E-state index in [1.165, 1.54) is 6.07 Å². The van der Waals surface area contributed by atoms with E-state index in [2.05, 4.69) is 15.6 Å². The topological polar surface area (TPSA) is 121 Å². The molecule has 0 spiro atoms. The summed E-state index contributed by atoms with van der Waals surface area (Å²) < 4.78 is 0. The van der Waals surface area contributed by atoms with Crippen LogP contribution in [0.2, 0.25) is 0 Å². The van der Waals surface area contributed by atoms with E-state index < -0.39 is 4.92 Å². The van der Waals surface area contributed by atoms with Crippen LogP contribution in [-0.4, -0.2) is 20.1 Å². The first-order chi connectivity index (χ1) is 13.8. The van der Waals surface area contributed by atoms with E-state index in [4.69, 9.17) is 0 Å². The van der Waals surface area contributed by atoms with Crippen LogP contribution in [0, 0.1) is 10.1 Å². The fourth-order valence-electron chi connectivity index (χ4n) is 2.97. The highest BCUT2D eigenvalue weighted by Crippen LogP contribution is 2.30. The number of nitrogens with one attached hydrogen (secondary N) is 2. The van der Waals surface area contributed by atoms with Gasteiger partial charge in [0.05, 0.1) is 17.0 Å². The van der Waals surface area contributed by atoms with Gasteiger partial charge in [0.25, 0.3) is 0 Å². The van der Waals surface area contributed by atoms with Crippen molar-refractivity contribution >= 4 is 17.3 Å². The first-order valence-corrected chi connectivity index (χ1v) is 9.10. The number of hydrogen-bond donors (Lipinski definition) is 4. The lowest BCUT2D eigenvalue weighted by atomic mass is 10.1. The Labute approximate surface area is 168 Å². The minimum Gasteiger partial charge on any atom is -0.508 e. The third kappa shape index (κ3) is 4.92. The van der Waals surface area contributed by atoms with E-state index in [1.54, 1.807) is 42.5 Å². The molecule has 150 valence electrons. The van der Waals surface area contributed by atoms with Crippen molar-refractivity contribution in [3.05, 3.63) is 81.9 Å². The van der Waals surface area contributed by atoms with Crippen molar-refractivity contribution in [2.24, 2.45) is 0 Å². The van der Waals surface area contributed by atoms with E-state index in [-0.39, 0.29) is 35.1 Å². The summed E-state index contributed by atoms with van der Waals surface area (Å²) in [4.78, 5) is 15.3. The second-order valence-electron chi connectivity index (χ2n) is 6.74. The fourth-order valence-corrected chi connectivity index (χ4v) is 2.97. The van der Waals surface area contributed by atoms with Crippen LogP contribution >= 0.6 is 0 Å². The van der Waals surface area contributed by atoms with Gasteiger partial charge >= 0.3 is 5.69 Å². The largest absolute Gasteiger partial charge is 0.508 e. The van der Waals surface area contributed by atoms with Crippen molar-refractivity contribution in [1.82, 2.24) is 4.98 Å². The number of nitrogens with zero attached hydrogens (tertiary/aromatic N) is 2. The Morgan fingerprint density at radius 3 is 1.97 bits per heavy atom. The molecule has 4 N–H and O–H groups in total. The molecular weight excluding hydrogens is 372 g/mol. The van der Waals surface area contributed by atoms with Gasteiger partial charge in [0.1, 0.15) is 17.3 Å². The van der Waals surface area contributed by atoms with Crippen LogP contribution in [0.4, 0.5) is 17.3 Å². The van der Waals surface area contributed by atoms with Crippen molar-refractivity contribution in [3.8, 4) is 11.5 Å². The maximum absolute atomic E-state index is 11.4. The number of phenolic OH excluding ortho intramolecular Hbond substituents is 2. The number of phenols is 2. The molecule has 29 heavy (non-hydrogen) atoms. The fraction of sp³-hybridized carbons (Fsp3) is 0.190. The summed E-state index contributed by atoms with van der Waals surface area (Å²) in [6.45, 7) is 3.73. The third-order valence-corrected chi connectivity index (χ3v) is 4.53. The maximum Gasteiger partial charge on any atom is 0.311 e. The number of aromatic nitrogens is 1. The second kappa shape index (κ2) is 8.47. The van der Waals surface area contributed by atoms with E-state index in [0.717, 1.165) is 11.1 Å². The molecule has 1 aromatic heterocycles. The number of hydrogen-bond acceptors (Lipinski definition) is 7. The van der Waals surface area contributed by atoms with Crippen molar-refractivity contribution in [2.45, 2.75) is 25.9 Å². The lowest BCUT2D eigenvalue weighted by Crippen LogP contribution is -2.12. The highest BCUT2D eigenvalue weighted by Gasteiger charge is 2.19. The number of benzene rings is 2. The van der Waals surface area contributed by atoms with Gasteiger partial charge in [-0.05, 0) is 55.3 Å². The molecule has 3 aromatic rings. The van der Waals surface area contributed by atoms with E-state index in [0.29, 0.717) is 5.82 Å². The van der Waals surface area contributed by atoms with Crippen molar-refractivity contribution in [3.63, 3.8) is 0 Å². The predicted molar refractivity (Wildman–Crippen MR) is 111 cm³/mol. The molecule has 0 saturated carbocycles. The molecule has 3 rings (SSSR count). The molecule has 0 aliphatic rings. The van der Waals surface area contributed by atoms with Crippen LogP contribution in [0.5, 0.6) is 11.5 Å². The highest BCUT2D eigenvalue weighted by atomic mass is 16.6. The molecule has 0 saturated heterocycles. The normalized spacial score (nSPS) is 12.8. The molecule has 0 radical (unpaired) electrons. The van der Waals surface area contributed by atoms with E-state index in [9.17, 15) is 20.3 Å². The Morgan fingerprint density at radius 1 is 0.897 bits per heavy atom. The van der Waals surface area contributed by atoms with E-state index in [1.807, 2.05) is 26.0 Å². The average molecular weight is 394 g/mol. The quantitative estimate of drug-likeness (QED) is 0.337. The van der Waals surface area contributed by atoms with Crippen molar-refractivity contribution < 1.29 is 15.1 Å². The highest BCUT2D eigenvalue weighted by molar-refractivity contribution is 5.61. The zero-order valence-corrected chi connectivity index (χ0v) is 16.0. The Morgan fingerprint density at radius 2 is 1.45 bits per heavy atom. The Kier molecular flexibility index (Phi) is 5.82. The minimum absolute atomic E-state index is 0.119. The number of pyridine rings is 1. The van der Waals surface area contributed by atoms with E-state index >= 15 is 0 Å². The predicted octanol–water partition coefficient (Wildman–Crippen LogP) is 4.75. The zero-order chi connectivity index (χ0) is 21.0. The van der Waals surface area contributed by atoms with Crippen molar-refractivity contribution in [2.75, 3.05) is 10.6 Å². The minimum atomic E-state index is -0.493. The molecule has 0 unspecified atom stereocenters. The molecular formula is C21H22N4O4. The molecule has 0 aliphatic heterocycles. The van der Waals surface area contributed by atoms with Crippen LogP contribution < -0.4 is 10.6 Å². The molecule has 2 aromatic carbocycles. The van der Waals surface area contributed by atoms with Crippen LogP contribution in [0.15, 0.2) is 60.7 Å². The second-order valence-corrected chi connectivity index (χ2v) is 6.74. The first kappa shape index (κ1) is 19.9. The summed E-state index contributed by atoms with van der Waals surface area (Å²) in [5.74, 6) is 0.861.